The first-order chi connectivity index (χ1) is 10.1. The minimum atomic E-state index is -0.601. The van der Waals surface area contributed by atoms with Gasteiger partial charge in [0, 0.05) is 18.7 Å². The van der Waals surface area contributed by atoms with E-state index in [1.54, 1.807) is 32.9 Å². The van der Waals surface area contributed by atoms with Gasteiger partial charge in [-0.05, 0) is 26.3 Å². The Hall–Kier alpha value is -2.22. The summed E-state index contributed by atoms with van der Waals surface area (Å²) in [6.45, 7) is 5.43. The molecule has 1 rings (SSSR count). The number of hydrogen-bond donors (Lipinski definition) is 2. The Balaban J connectivity index is 2.76. The number of carbonyl (C=O) groups is 1. The van der Waals surface area contributed by atoms with Gasteiger partial charge in [0.1, 0.15) is 5.60 Å². The van der Waals surface area contributed by atoms with Gasteiger partial charge in [0.15, 0.2) is 0 Å². The van der Waals surface area contributed by atoms with Gasteiger partial charge >= 0.3 is 6.09 Å². The lowest BCUT2D eigenvalue weighted by Crippen LogP contribution is -2.37. The van der Waals surface area contributed by atoms with Crippen LogP contribution in [0.5, 0.6) is 0 Å². The molecule has 0 aromatic heterocycles. The Morgan fingerprint density at radius 2 is 1.95 bits per heavy atom. The van der Waals surface area contributed by atoms with E-state index in [9.17, 15) is 14.9 Å². The van der Waals surface area contributed by atoms with Crippen molar-refractivity contribution in [1.82, 2.24) is 5.32 Å². The summed E-state index contributed by atoms with van der Waals surface area (Å²) in [5, 5.41) is 13.2. The number of benzene rings is 1. The van der Waals surface area contributed by atoms with E-state index < -0.39 is 22.5 Å². The molecule has 0 aliphatic carbocycles. The first kappa shape index (κ1) is 17.8. The molecule has 0 radical (unpaired) electrons. The first-order valence-corrected chi connectivity index (χ1v) is 7.01. The van der Waals surface area contributed by atoms with Crippen molar-refractivity contribution in [2.24, 2.45) is 5.73 Å². The molecule has 1 amide bonds. The highest BCUT2D eigenvalue weighted by atomic mass is 32.1. The number of non-ortho nitro benzene ring substituents is 1. The number of nitrogens with one attached hydrogen (secondary N) is 1. The zero-order chi connectivity index (χ0) is 16.9. The van der Waals surface area contributed by atoms with Crippen molar-refractivity contribution in [3.8, 4) is 0 Å². The summed E-state index contributed by atoms with van der Waals surface area (Å²) in [6, 6.07) is 5.87. The third-order valence-corrected chi connectivity index (χ3v) is 2.98. The Morgan fingerprint density at radius 1 is 1.41 bits per heavy atom. The van der Waals surface area contributed by atoms with Gasteiger partial charge in [0.25, 0.3) is 5.69 Å². The van der Waals surface area contributed by atoms with Gasteiger partial charge in [0.05, 0.1) is 15.8 Å². The van der Waals surface area contributed by atoms with Crippen molar-refractivity contribution in [3.05, 3.63) is 39.9 Å². The van der Waals surface area contributed by atoms with E-state index >= 15 is 0 Å². The minimum Gasteiger partial charge on any atom is -0.444 e. The second-order valence-corrected chi connectivity index (χ2v) is 6.16. The predicted octanol–water partition coefficient (Wildman–Crippen LogP) is 2.49. The van der Waals surface area contributed by atoms with E-state index in [-0.39, 0.29) is 17.2 Å². The Labute approximate surface area is 134 Å². The van der Waals surface area contributed by atoms with Gasteiger partial charge in [0.2, 0.25) is 0 Å². The van der Waals surface area contributed by atoms with Crippen molar-refractivity contribution in [3.63, 3.8) is 0 Å². The molecule has 120 valence electrons. The van der Waals surface area contributed by atoms with Crippen molar-refractivity contribution in [2.45, 2.75) is 32.3 Å². The molecular formula is C14H19N3O4S. The number of thiocarbonyl (C=S) groups is 1. The molecule has 0 aliphatic heterocycles. The number of nitrogens with two attached hydrogens (primary N) is 1. The molecule has 0 saturated carbocycles. The van der Waals surface area contributed by atoms with E-state index in [0.717, 1.165) is 0 Å². The summed E-state index contributed by atoms with van der Waals surface area (Å²) in [7, 11) is 0. The van der Waals surface area contributed by atoms with Crippen molar-refractivity contribution in [1.29, 1.82) is 0 Å². The topological polar surface area (TPSA) is 107 Å². The molecule has 0 unspecified atom stereocenters. The third-order valence-electron chi connectivity index (χ3n) is 2.70. The van der Waals surface area contributed by atoms with E-state index in [0.29, 0.717) is 5.56 Å². The van der Waals surface area contributed by atoms with Gasteiger partial charge in [-0.3, -0.25) is 10.1 Å². The number of rotatable bonds is 5. The monoisotopic (exact) mass is 325 g/mol. The van der Waals surface area contributed by atoms with E-state index in [1.165, 1.54) is 12.1 Å². The van der Waals surface area contributed by atoms with Crippen molar-refractivity contribution < 1.29 is 14.5 Å². The molecule has 0 fully saturated rings. The van der Waals surface area contributed by atoms with Crippen LogP contribution >= 0.6 is 12.2 Å². The fraction of sp³-hybridized carbons (Fsp3) is 0.429. The van der Waals surface area contributed by atoms with E-state index in [1.807, 2.05) is 0 Å². The minimum absolute atomic E-state index is 0.0226. The molecule has 0 bridgehead atoms. The van der Waals surface area contributed by atoms with Gasteiger partial charge < -0.3 is 15.8 Å². The maximum atomic E-state index is 11.7. The lowest BCUT2D eigenvalue weighted by atomic mass is 9.99. The number of ether oxygens (including phenoxy) is 1. The molecule has 8 heteroatoms. The molecule has 1 atom stereocenters. The highest BCUT2D eigenvalue weighted by Gasteiger charge is 2.20. The molecule has 0 heterocycles. The summed E-state index contributed by atoms with van der Waals surface area (Å²) in [5.41, 5.74) is 5.75. The molecule has 0 saturated heterocycles. The normalized spacial score (nSPS) is 12.3. The van der Waals surface area contributed by atoms with E-state index in [4.69, 9.17) is 22.7 Å². The Kier molecular flexibility index (Phi) is 5.81. The second kappa shape index (κ2) is 7.17. The smallest absolute Gasteiger partial charge is 0.407 e. The average molecular weight is 325 g/mol. The number of amides is 1. The molecule has 7 nitrogen and oxygen atoms in total. The van der Waals surface area contributed by atoms with Crippen LogP contribution in [0.25, 0.3) is 0 Å². The van der Waals surface area contributed by atoms with E-state index in [2.05, 4.69) is 5.32 Å². The number of alkyl carbamates (subject to hydrolysis) is 1. The quantitative estimate of drug-likeness (QED) is 0.489. The third kappa shape index (κ3) is 5.65. The van der Waals surface area contributed by atoms with Crippen LogP contribution in [0, 0.1) is 10.1 Å². The number of nitro groups is 1. The van der Waals surface area contributed by atoms with Crippen LogP contribution in [-0.4, -0.2) is 28.2 Å². The highest BCUT2D eigenvalue weighted by Crippen LogP contribution is 2.20. The summed E-state index contributed by atoms with van der Waals surface area (Å²) < 4.78 is 5.13. The van der Waals surface area contributed by atoms with Gasteiger partial charge in [-0.2, -0.15) is 0 Å². The molecular weight excluding hydrogens is 306 g/mol. The van der Waals surface area contributed by atoms with Gasteiger partial charge in [-0.15, -0.1) is 0 Å². The van der Waals surface area contributed by atoms with Crippen molar-refractivity contribution in [2.75, 3.05) is 6.54 Å². The van der Waals surface area contributed by atoms with Crippen LogP contribution in [0.1, 0.15) is 32.3 Å². The summed E-state index contributed by atoms with van der Waals surface area (Å²) >= 11 is 5.00. The van der Waals surface area contributed by atoms with Crippen LogP contribution in [0.2, 0.25) is 0 Å². The Bertz CT molecular complexity index is 566. The SMILES string of the molecule is CC(C)(C)OC(=O)NC[C@@H](C(N)=S)c1ccc([N+](=O)[O-])cc1. The predicted molar refractivity (Wildman–Crippen MR) is 86.9 cm³/mol. The molecule has 3 N–H and O–H groups in total. The van der Waals surface area contributed by atoms with Crippen LogP contribution in [0.15, 0.2) is 24.3 Å². The maximum Gasteiger partial charge on any atom is 0.407 e. The highest BCUT2D eigenvalue weighted by molar-refractivity contribution is 7.80. The van der Waals surface area contributed by atoms with Crippen molar-refractivity contribution >= 4 is 29.0 Å². The zero-order valence-corrected chi connectivity index (χ0v) is 13.5. The average Bonchev–Trinajstić information content (AvgIpc) is 2.37. The summed E-state index contributed by atoms with van der Waals surface area (Å²) in [6.07, 6.45) is -0.573. The Morgan fingerprint density at radius 3 is 2.36 bits per heavy atom. The molecule has 22 heavy (non-hydrogen) atoms. The molecule has 1 aromatic rings. The van der Waals surface area contributed by atoms with Gasteiger partial charge in [-0.1, -0.05) is 24.4 Å². The molecule has 0 spiro atoms. The standard InChI is InChI=1S/C14H19N3O4S/c1-14(2,3)21-13(18)16-8-11(12(15)22)9-4-6-10(7-5-9)17(19)20/h4-7,11H,8H2,1-3H3,(H2,15,22)(H,16,18)/t11-/m1/s1. The van der Waals surface area contributed by atoms with Crippen LogP contribution < -0.4 is 11.1 Å². The number of hydrogen-bond acceptors (Lipinski definition) is 5. The lowest BCUT2D eigenvalue weighted by molar-refractivity contribution is -0.384. The largest absolute Gasteiger partial charge is 0.444 e. The first-order valence-electron chi connectivity index (χ1n) is 6.60. The number of nitro benzene ring substituents is 1. The van der Waals surface area contributed by atoms with Crippen LogP contribution in [0.4, 0.5) is 10.5 Å². The molecule has 1 aromatic carbocycles. The summed E-state index contributed by atoms with van der Waals surface area (Å²) in [5.74, 6) is -0.427. The zero-order valence-electron chi connectivity index (χ0n) is 12.7. The fourth-order valence-corrected chi connectivity index (χ4v) is 1.93. The summed E-state index contributed by atoms with van der Waals surface area (Å²) in [4.78, 5) is 22.0. The maximum absolute atomic E-state index is 11.7. The van der Waals surface area contributed by atoms with Crippen LogP contribution in [0.3, 0.4) is 0 Å². The second-order valence-electron chi connectivity index (χ2n) is 5.69. The molecule has 0 aliphatic rings. The number of carbonyl (C=O) groups excluding carboxylic acids is 1. The number of nitrogens with zero attached hydrogens (tertiary/aromatic N) is 1. The van der Waals surface area contributed by atoms with Crippen LogP contribution in [-0.2, 0) is 4.74 Å². The fourth-order valence-electron chi connectivity index (χ4n) is 1.71. The lowest BCUT2D eigenvalue weighted by Gasteiger charge is -2.21. The van der Waals surface area contributed by atoms with Gasteiger partial charge in [-0.25, -0.2) is 4.79 Å².